The van der Waals surface area contributed by atoms with Crippen molar-refractivity contribution in [1.82, 2.24) is 4.90 Å². The number of amides is 1. The van der Waals surface area contributed by atoms with Crippen LogP contribution in [-0.4, -0.2) is 48.3 Å². The molecular formula is C16H25NO4. The van der Waals surface area contributed by atoms with Crippen LogP contribution in [0.2, 0.25) is 0 Å². The van der Waals surface area contributed by atoms with Gasteiger partial charge in [0.25, 0.3) is 5.91 Å². The van der Waals surface area contributed by atoms with Crippen LogP contribution in [0.15, 0.2) is 18.2 Å². The minimum atomic E-state index is -0.923. The van der Waals surface area contributed by atoms with Crippen LogP contribution < -0.4 is 9.47 Å². The van der Waals surface area contributed by atoms with E-state index in [1.165, 1.54) is 0 Å². The van der Waals surface area contributed by atoms with Gasteiger partial charge in [-0.15, -0.1) is 0 Å². The zero-order valence-electron chi connectivity index (χ0n) is 13.5. The molecule has 0 bridgehead atoms. The van der Waals surface area contributed by atoms with Crippen molar-refractivity contribution in [3.05, 3.63) is 23.8 Å². The summed E-state index contributed by atoms with van der Waals surface area (Å²) in [5.41, 5.74) is 0.135. The number of ether oxygens (including phenoxy) is 2. The minimum absolute atomic E-state index is 0.0800. The molecule has 1 aromatic carbocycles. The summed E-state index contributed by atoms with van der Waals surface area (Å²) in [6, 6.07) is 5.54. The average molecular weight is 295 g/mol. The van der Waals surface area contributed by atoms with E-state index in [4.69, 9.17) is 9.47 Å². The fourth-order valence-electron chi connectivity index (χ4n) is 1.97. The molecule has 0 heterocycles. The number of carbonyl (C=O) groups is 1. The van der Waals surface area contributed by atoms with E-state index in [2.05, 4.69) is 0 Å². The number of benzene rings is 1. The van der Waals surface area contributed by atoms with Crippen molar-refractivity contribution >= 4 is 5.91 Å². The van der Waals surface area contributed by atoms with E-state index in [0.29, 0.717) is 18.0 Å². The monoisotopic (exact) mass is 295 g/mol. The molecule has 1 rings (SSSR count). The molecule has 0 aliphatic rings. The summed E-state index contributed by atoms with van der Waals surface area (Å²) in [7, 11) is 1.57. The Morgan fingerprint density at radius 1 is 1.33 bits per heavy atom. The average Bonchev–Trinajstić information content (AvgIpc) is 2.41. The largest absolute Gasteiger partial charge is 0.493 e. The summed E-state index contributed by atoms with van der Waals surface area (Å²) >= 11 is 0. The van der Waals surface area contributed by atoms with Crippen LogP contribution in [0.5, 0.6) is 11.5 Å². The molecule has 5 nitrogen and oxygen atoms in total. The Morgan fingerprint density at radius 2 is 2.00 bits per heavy atom. The predicted molar refractivity (Wildman–Crippen MR) is 81.8 cm³/mol. The van der Waals surface area contributed by atoms with Crippen LogP contribution in [-0.2, 0) is 4.79 Å². The summed E-state index contributed by atoms with van der Waals surface area (Å²) in [5.74, 6) is 0.978. The zero-order chi connectivity index (χ0) is 16.0. The fourth-order valence-corrected chi connectivity index (χ4v) is 1.97. The molecule has 118 valence electrons. The lowest BCUT2D eigenvalue weighted by Gasteiger charge is -2.28. The molecule has 0 atom stereocenters. The highest BCUT2D eigenvalue weighted by atomic mass is 16.5. The van der Waals surface area contributed by atoms with Crippen LogP contribution in [0.3, 0.4) is 0 Å². The standard InChI is InChI=1S/C16H25NO4/c1-6-17(11-16(3,4)19)15(18)10-21-13-8-7-12(2)9-14(13)20-5/h7-9,19H,6,10-11H2,1-5H3. The Labute approximate surface area is 126 Å². The lowest BCUT2D eigenvalue weighted by atomic mass is 10.1. The van der Waals surface area contributed by atoms with E-state index in [0.717, 1.165) is 5.56 Å². The van der Waals surface area contributed by atoms with Gasteiger partial charge in [0, 0.05) is 13.1 Å². The Hall–Kier alpha value is -1.75. The van der Waals surface area contributed by atoms with Crippen molar-refractivity contribution in [2.45, 2.75) is 33.3 Å². The summed E-state index contributed by atoms with van der Waals surface area (Å²) < 4.78 is 10.8. The Morgan fingerprint density at radius 3 is 2.52 bits per heavy atom. The maximum absolute atomic E-state index is 12.1. The van der Waals surface area contributed by atoms with E-state index in [-0.39, 0.29) is 19.1 Å². The van der Waals surface area contributed by atoms with Gasteiger partial charge in [0.1, 0.15) is 0 Å². The van der Waals surface area contributed by atoms with Crippen molar-refractivity contribution in [1.29, 1.82) is 0 Å². The normalized spacial score (nSPS) is 11.1. The van der Waals surface area contributed by atoms with Crippen LogP contribution in [0.25, 0.3) is 0 Å². The second-order valence-electron chi connectivity index (χ2n) is 5.66. The van der Waals surface area contributed by atoms with E-state index < -0.39 is 5.60 Å². The molecule has 0 unspecified atom stereocenters. The number of hydrogen-bond acceptors (Lipinski definition) is 4. The summed E-state index contributed by atoms with van der Waals surface area (Å²) in [6.07, 6.45) is 0. The lowest BCUT2D eigenvalue weighted by Crippen LogP contribution is -2.44. The molecule has 0 aliphatic heterocycles. The van der Waals surface area contributed by atoms with Gasteiger partial charge < -0.3 is 19.5 Å². The molecule has 1 aromatic rings. The van der Waals surface area contributed by atoms with Gasteiger partial charge in [0.2, 0.25) is 0 Å². The van der Waals surface area contributed by atoms with Crippen molar-refractivity contribution in [3.8, 4) is 11.5 Å². The first-order valence-corrected chi connectivity index (χ1v) is 7.04. The van der Waals surface area contributed by atoms with Gasteiger partial charge in [-0.3, -0.25) is 4.79 Å². The van der Waals surface area contributed by atoms with Crippen molar-refractivity contribution < 1.29 is 19.4 Å². The number of methoxy groups -OCH3 is 1. The summed E-state index contributed by atoms with van der Waals surface area (Å²) in [6.45, 7) is 7.90. The van der Waals surface area contributed by atoms with Crippen molar-refractivity contribution in [3.63, 3.8) is 0 Å². The molecule has 0 spiro atoms. The third kappa shape index (κ3) is 5.63. The predicted octanol–water partition coefficient (Wildman–Crippen LogP) is 2.00. The van der Waals surface area contributed by atoms with E-state index >= 15 is 0 Å². The molecule has 5 heteroatoms. The third-order valence-electron chi connectivity index (χ3n) is 2.98. The van der Waals surface area contributed by atoms with Gasteiger partial charge in [-0.05, 0) is 45.4 Å². The van der Waals surface area contributed by atoms with Gasteiger partial charge in [-0.25, -0.2) is 0 Å². The number of hydrogen-bond donors (Lipinski definition) is 1. The Bertz CT molecular complexity index is 480. The first-order valence-electron chi connectivity index (χ1n) is 7.04. The topological polar surface area (TPSA) is 59.0 Å². The molecule has 0 saturated heterocycles. The number of aryl methyl sites for hydroxylation is 1. The second-order valence-corrected chi connectivity index (χ2v) is 5.66. The number of rotatable bonds is 7. The van der Waals surface area contributed by atoms with Crippen LogP contribution in [0, 0.1) is 6.92 Å². The molecule has 0 aliphatic carbocycles. The SMILES string of the molecule is CCN(CC(C)(C)O)C(=O)COc1ccc(C)cc1OC. The van der Waals surface area contributed by atoms with Gasteiger partial charge in [0.05, 0.1) is 12.7 Å². The minimum Gasteiger partial charge on any atom is -0.493 e. The molecular weight excluding hydrogens is 270 g/mol. The van der Waals surface area contributed by atoms with Crippen molar-refractivity contribution in [2.75, 3.05) is 26.8 Å². The van der Waals surface area contributed by atoms with Gasteiger partial charge in [0.15, 0.2) is 18.1 Å². The van der Waals surface area contributed by atoms with E-state index in [9.17, 15) is 9.90 Å². The molecule has 0 fully saturated rings. The van der Waals surface area contributed by atoms with Gasteiger partial charge >= 0.3 is 0 Å². The summed E-state index contributed by atoms with van der Waals surface area (Å²) in [5, 5.41) is 9.81. The maximum atomic E-state index is 12.1. The molecule has 1 amide bonds. The van der Waals surface area contributed by atoms with Crippen LogP contribution >= 0.6 is 0 Å². The molecule has 0 radical (unpaired) electrons. The first kappa shape index (κ1) is 17.3. The van der Waals surface area contributed by atoms with Crippen molar-refractivity contribution in [2.24, 2.45) is 0 Å². The number of aliphatic hydroxyl groups is 1. The first-order chi connectivity index (χ1) is 9.76. The van der Waals surface area contributed by atoms with Crippen LogP contribution in [0.1, 0.15) is 26.3 Å². The maximum Gasteiger partial charge on any atom is 0.260 e. The fraction of sp³-hybridized carbons (Fsp3) is 0.562. The van der Waals surface area contributed by atoms with Gasteiger partial charge in [-0.1, -0.05) is 6.07 Å². The van der Waals surface area contributed by atoms with Gasteiger partial charge in [-0.2, -0.15) is 0 Å². The second kappa shape index (κ2) is 7.31. The Kier molecular flexibility index (Phi) is 6.03. The number of likely N-dealkylation sites (N-methyl/N-ethyl adjacent to an activating group) is 1. The number of carbonyl (C=O) groups excluding carboxylic acids is 1. The Balaban J connectivity index is 2.67. The molecule has 0 aromatic heterocycles. The smallest absolute Gasteiger partial charge is 0.260 e. The third-order valence-corrected chi connectivity index (χ3v) is 2.98. The van der Waals surface area contributed by atoms with Crippen LogP contribution in [0.4, 0.5) is 0 Å². The highest BCUT2D eigenvalue weighted by Crippen LogP contribution is 2.27. The van der Waals surface area contributed by atoms with E-state index in [1.54, 1.807) is 31.9 Å². The highest BCUT2D eigenvalue weighted by Gasteiger charge is 2.21. The molecule has 1 N–H and O–H groups in total. The highest BCUT2D eigenvalue weighted by molar-refractivity contribution is 5.78. The quantitative estimate of drug-likeness (QED) is 0.836. The number of nitrogens with zero attached hydrogens (tertiary/aromatic N) is 1. The molecule has 0 saturated carbocycles. The zero-order valence-corrected chi connectivity index (χ0v) is 13.5. The lowest BCUT2D eigenvalue weighted by molar-refractivity contribution is -0.136. The van der Waals surface area contributed by atoms with E-state index in [1.807, 2.05) is 26.0 Å². The summed E-state index contributed by atoms with van der Waals surface area (Å²) in [4.78, 5) is 13.7. The molecule has 21 heavy (non-hydrogen) atoms.